The van der Waals surface area contributed by atoms with E-state index in [9.17, 15) is 33.2 Å². The molecule has 34 heteroatoms. The van der Waals surface area contributed by atoms with E-state index in [0.29, 0.717) is 58.2 Å². The van der Waals surface area contributed by atoms with Crippen LogP contribution in [0.25, 0.3) is 67.0 Å². The van der Waals surface area contributed by atoms with Gasteiger partial charge >= 0.3 is 0 Å². The first kappa shape index (κ1) is 99.0. The van der Waals surface area contributed by atoms with Crippen molar-refractivity contribution in [1.82, 2.24) is 39.3 Å². The molecule has 137 heavy (non-hydrogen) atoms. The maximum atomic E-state index is 12.8. The first-order valence-electron chi connectivity index (χ1n) is 41.9. The van der Waals surface area contributed by atoms with Crippen LogP contribution in [0.3, 0.4) is 0 Å². The molecule has 0 radical (unpaired) electrons. The lowest BCUT2D eigenvalue weighted by molar-refractivity contribution is -0.116. The Kier molecular flexibility index (Phi) is 36.9. The number of nitrogens with one attached hydrogen (secondary N) is 6. The molecule has 19 rings (SSSR count). The topological polar surface area (TPSA) is 305 Å². The number of pyridine rings is 6. The summed E-state index contributed by atoms with van der Waals surface area (Å²) in [6, 6.07) is 72.8. The van der Waals surface area contributed by atoms with Crippen molar-refractivity contribution in [1.29, 1.82) is 0 Å². The molecule has 6 N–H and O–H groups in total. The quantitative estimate of drug-likeness (QED) is 0.0293. The highest BCUT2D eigenvalue weighted by atomic mass is 79.9. The zero-order valence-electron chi connectivity index (χ0n) is 72.6. The monoisotopic (exact) mass is 2100 g/mol. The second-order valence-corrected chi connectivity index (χ2v) is 37.5. The summed E-state index contributed by atoms with van der Waals surface area (Å²) in [6.07, 6.45) is 23.4. The van der Waals surface area contributed by atoms with Gasteiger partial charge in [0.25, 0.3) is 0 Å². The Morgan fingerprint density at radius 3 is 1.20 bits per heavy atom. The van der Waals surface area contributed by atoms with Gasteiger partial charge in [-0.1, -0.05) is 134 Å². The number of carbonyl (C=O) groups excluding carboxylic acids is 6. The van der Waals surface area contributed by atoms with E-state index in [1.54, 1.807) is 112 Å². The van der Waals surface area contributed by atoms with Crippen molar-refractivity contribution in [3.63, 3.8) is 0 Å². The summed E-state index contributed by atoms with van der Waals surface area (Å²) in [5, 5.41) is 33.1. The van der Waals surface area contributed by atoms with Crippen molar-refractivity contribution in [2.24, 2.45) is 0 Å². The van der Waals surface area contributed by atoms with Gasteiger partial charge in [-0.15, -0.1) is 56.7 Å². The average molecular weight is 2100 g/mol. The van der Waals surface area contributed by atoms with Gasteiger partial charge in [-0.05, 0) is 253 Å². The number of hydrogen-bond donors (Lipinski definition) is 6. The molecule has 23 nitrogen and oxygen atoms in total. The fourth-order valence-corrected chi connectivity index (χ4v) is 19.1. The van der Waals surface area contributed by atoms with Gasteiger partial charge in [0, 0.05) is 144 Å². The molecule has 0 saturated carbocycles. The lowest BCUT2D eigenvalue weighted by atomic mass is 10.1. The number of hydrogen-bond acceptors (Lipinski definition) is 23. The zero-order valence-corrected chi connectivity index (χ0v) is 82.2. The van der Waals surface area contributed by atoms with Gasteiger partial charge in [-0.2, -0.15) is 9.36 Å². The number of aryl methyl sites for hydroxylation is 1. The molecule has 688 valence electrons. The second kappa shape index (κ2) is 51.1. The van der Waals surface area contributed by atoms with Crippen LogP contribution < -0.4 is 46.1 Å². The molecule has 13 heterocycles. The third-order valence-corrected chi connectivity index (χ3v) is 26.8. The fourth-order valence-electron chi connectivity index (χ4n) is 13.0. The van der Waals surface area contributed by atoms with Gasteiger partial charge in [-0.25, -0.2) is 4.39 Å². The molecular weight excluding hydrogens is 2020 g/mol. The van der Waals surface area contributed by atoms with Crippen LogP contribution in [0.5, 0.6) is 17.2 Å². The number of nitrogens with zero attached hydrogens (tertiary/aromatic N) is 8. The number of ether oxygens (including phenoxy) is 3. The molecule has 1 aliphatic rings. The maximum absolute atomic E-state index is 12.8. The zero-order chi connectivity index (χ0) is 95.5. The van der Waals surface area contributed by atoms with Gasteiger partial charge in [0.2, 0.25) is 47.4 Å². The van der Waals surface area contributed by atoms with Crippen LogP contribution in [-0.2, 0) is 67.3 Å². The Bertz CT molecular complexity index is 7020. The Labute approximate surface area is 839 Å². The largest absolute Gasteiger partial charge is 0.497 e. The summed E-state index contributed by atoms with van der Waals surface area (Å²) in [5.74, 6) is 1.99. The molecule has 1 aliphatic heterocycles. The van der Waals surface area contributed by atoms with Gasteiger partial charge in [0.1, 0.15) is 11.6 Å². The SMILES string of the molecule is COc1cccc(CC(=O)Nc2cc(-c3ccncc3)cs2)c1.O=C(CCc1ccccc1)Nc1nc(-c2ccncc2)ns1.O=C(Cc1cc2c(cc1Br)OCO2)Nc1cc(-c2ccncc2)cs1.O=C(Cc1ccc(Cl)cc1Cl)Nc1cc(-c2ccncc2)cs1.O=C(Cc1ccc(F)cc1)Nc1cc(-c2ccncc2)cs1.O=C(Cc1ccccc1Br)Nc1cc(-c2ccncc2)cs1. The summed E-state index contributed by atoms with van der Waals surface area (Å²) in [7, 11) is 1.62. The number of aromatic nitrogens is 8. The molecular formula is C103H81Br2Cl2FN14O9S6. The Morgan fingerprint density at radius 1 is 0.365 bits per heavy atom. The molecule has 0 fully saturated rings. The van der Waals surface area contributed by atoms with Crippen molar-refractivity contribution in [3.05, 3.63) is 396 Å². The number of methoxy groups -OCH3 is 1. The highest BCUT2D eigenvalue weighted by Crippen LogP contribution is 2.39. The van der Waals surface area contributed by atoms with Crippen LogP contribution in [0.4, 0.5) is 34.5 Å². The van der Waals surface area contributed by atoms with Gasteiger partial charge in [0.05, 0.1) is 64.2 Å². The van der Waals surface area contributed by atoms with Crippen molar-refractivity contribution in [2.45, 2.75) is 44.9 Å². The molecule has 6 amide bonds. The molecule has 6 aromatic carbocycles. The van der Waals surface area contributed by atoms with E-state index in [4.69, 9.17) is 37.4 Å². The highest BCUT2D eigenvalue weighted by Gasteiger charge is 2.21. The first-order chi connectivity index (χ1) is 66.8. The second-order valence-electron chi connectivity index (χ2n) is 29.6. The molecule has 0 aliphatic carbocycles. The van der Waals surface area contributed by atoms with Gasteiger partial charge in [-0.3, -0.25) is 58.7 Å². The number of benzene rings is 6. The molecule has 0 spiro atoms. The Balaban J connectivity index is 0.000000131. The van der Waals surface area contributed by atoms with E-state index in [2.05, 4.69) is 103 Å². The third-order valence-electron chi connectivity index (χ3n) is 19.8. The van der Waals surface area contributed by atoms with E-state index in [1.807, 2.05) is 221 Å². The third kappa shape index (κ3) is 31.3. The number of carbonyl (C=O) groups is 6. The number of fused-ring (bicyclic) bond motifs is 1. The molecule has 0 atom stereocenters. The highest BCUT2D eigenvalue weighted by molar-refractivity contribution is 9.10. The van der Waals surface area contributed by atoms with Crippen LogP contribution in [0.1, 0.15) is 39.8 Å². The smallest absolute Gasteiger partial charge is 0.231 e. The minimum atomic E-state index is -0.301. The molecule has 0 bridgehead atoms. The fraction of sp³-hybridized carbons (Fsp3) is 0.0874. The molecule has 12 aromatic heterocycles. The summed E-state index contributed by atoms with van der Waals surface area (Å²) in [6.45, 7) is 0.213. The normalized spacial score (nSPS) is 10.7. The van der Waals surface area contributed by atoms with E-state index in [0.717, 1.165) is 134 Å². The molecule has 0 saturated heterocycles. The van der Waals surface area contributed by atoms with Crippen LogP contribution in [0.2, 0.25) is 10.0 Å². The Hall–Kier alpha value is -14.0. The van der Waals surface area contributed by atoms with Crippen LogP contribution in [-0.4, -0.2) is 88.6 Å². The summed E-state index contributed by atoms with van der Waals surface area (Å²) in [4.78, 5) is 101. The lowest BCUT2D eigenvalue weighted by Gasteiger charge is -2.06. The van der Waals surface area contributed by atoms with Crippen molar-refractivity contribution in [3.8, 4) is 84.3 Å². The predicted octanol–water partition coefficient (Wildman–Crippen LogP) is 25.8. The number of anilines is 6. The van der Waals surface area contributed by atoms with Crippen LogP contribution in [0.15, 0.2) is 347 Å². The molecule has 18 aromatic rings. The number of amides is 6. The number of thiophene rings is 5. The van der Waals surface area contributed by atoms with E-state index < -0.39 is 0 Å². The van der Waals surface area contributed by atoms with E-state index >= 15 is 0 Å². The van der Waals surface area contributed by atoms with Crippen molar-refractivity contribution >= 4 is 189 Å². The van der Waals surface area contributed by atoms with Gasteiger partial charge in [0.15, 0.2) is 17.3 Å². The summed E-state index contributed by atoms with van der Waals surface area (Å²) in [5.41, 5.74) is 17.0. The standard InChI is InChI=1S/C18H13BrN2O3S.C18H16N2O2S.C17H13BrN2OS.C17H12Cl2N2OS.C17H13FN2OS.C16H14N4OS/c19-14-8-16-15(23-10-24-16)5-12(14)6-17(22)21-18-7-13(9-25-18)11-1-3-20-4-2-11;1-22-16-4-2-3-13(9-16)10-17(21)20-18-11-15(12-23-18)14-5-7-19-8-6-14;18-15-4-2-1-3-13(15)9-16(21)20-17-10-14(11-22-17)12-5-7-19-8-6-12;18-14-2-1-12(15(19)9-14)7-16(22)21-17-8-13(10-23-17)11-3-5-20-6-4-11;18-15-3-1-12(2-4-15)9-16(21)20-17-10-14(11-22-17)13-5-7-19-8-6-13;21-14(7-6-12-4-2-1-3-5-12)18-16-19-15(20-22-16)13-8-10-17-11-9-13/h1-5,7-9H,6,10H2,(H,21,22);2-9,11-12H,10H2,1H3,(H,20,21);1-8,10-11H,9H2,(H,20,21);1-6,8-10H,7H2,(H,21,22);1-8,10-11H,9H2,(H,20,21);1-5,8-11H,6-7H2,(H,18,19,20,21). The van der Waals surface area contributed by atoms with Crippen molar-refractivity contribution in [2.75, 3.05) is 45.8 Å². The van der Waals surface area contributed by atoms with E-state index in [1.165, 1.54) is 80.3 Å². The lowest BCUT2D eigenvalue weighted by Crippen LogP contribution is -2.13. The minimum Gasteiger partial charge on any atom is -0.497 e. The summed E-state index contributed by atoms with van der Waals surface area (Å²) >= 11 is 27.6. The molecule has 0 unspecified atom stereocenters. The number of halogens is 5. The van der Waals surface area contributed by atoms with Crippen molar-refractivity contribution < 1.29 is 47.4 Å². The van der Waals surface area contributed by atoms with Crippen LogP contribution >= 0.6 is 123 Å². The summed E-state index contributed by atoms with van der Waals surface area (Å²) < 4.78 is 34.7. The Morgan fingerprint density at radius 2 is 0.759 bits per heavy atom. The first-order valence-corrected chi connectivity index (χ1v) is 49.4. The minimum absolute atomic E-state index is 0.0185. The van der Waals surface area contributed by atoms with Gasteiger partial charge < -0.3 is 46.1 Å². The number of rotatable bonds is 26. The average Bonchev–Trinajstić information content (AvgIpc) is 1.71. The predicted molar refractivity (Wildman–Crippen MR) is 556 cm³/mol. The maximum Gasteiger partial charge on any atom is 0.231 e. The van der Waals surface area contributed by atoms with Crippen LogP contribution in [0, 0.1) is 5.82 Å². The van der Waals surface area contributed by atoms with E-state index in [-0.39, 0.29) is 67.3 Å².